The molecule has 0 radical (unpaired) electrons. The Labute approximate surface area is 75.2 Å². The van der Waals surface area contributed by atoms with Gasteiger partial charge in [0.1, 0.15) is 0 Å². The van der Waals surface area contributed by atoms with Gasteiger partial charge in [0.15, 0.2) is 0 Å². The highest BCUT2D eigenvalue weighted by Crippen LogP contribution is 2.09. The van der Waals surface area contributed by atoms with Crippen LogP contribution in [0.1, 0.15) is 12.8 Å². The molecule has 0 unspecified atom stereocenters. The van der Waals surface area contributed by atoms with Crippen molar-refractivity contribution >= 4 is 6.41 Å². The molecule has 1 rings (SSSR count). The van der Waals surface area contributed by atoms with Crippen molar-refractivity contribution in [1.82, 2.24) is 10.3 Å². The number of piperidine rings is 1. The van der Waals surface area contributed by atoms with Crippen LogP contribution in [0.25, 0.3) is 0 Å². The fourth-order valence-electron chi connectivity index (χ4n) is 1.36. The number of carbonyl (C=O) groups is 1. The van der Waals surface area contributed by atoms with Crippen LogP contribution in [-0.2, 0) is 4.79 Å². The van der Waals surface area contributed by atoms with E-state index in [1.807, 2.05) is 0 Å². The van der Waals surface area contributed by atoms with Gasteiger partial charge in [0.2, 0.25) is 11.7 Å². The van der Waals surface area contributed by atoms with E-state index in [-0.39, 0.29) is 11.0 Å². The third-order valence-electron chi connectivity index (χ3n) is 2.09. The molecule has 0 bridgehead atoms. The molecule has 1 heterocycles. The summed E-state index contributed by atoms with van der Waals surface area (Å²) < 4.78 is 0. The van der Waals surface area contributed by atoms with Crippen LogP contribution in [0.15, 0.2) is 5.28 Å². The van der Waals surface area contributed by atoms with Gasteiger partial charge in [-0.2, -0.15) is 0 Å². The van der Waals surface area contributed by atoms with Crippen molar-refractivity contribution in [2.24, 2.45) is 5.28 Å². The quantitative estimate of drug-likeness (QED) is 0.269. The van der Waals surface area contributed by atoms with Crippen molar-refractivity contribution in [3.05, 3.63) is 5.21 Å². The minimum absolute atomic E-state index is 0.126. The molecule has 7 nitrogen and oxygen atoms in total. The smallest absolute Gasteiger partial charge is 0.230 e. The van der Waals surface area contributed by atoms with Gasteiger partial charge in [0.25, 0.3) is 0 Å². The number of amides is 1. The number of hydrazine groups is 1. The van der Waals surface area contributed by atoms with Crippen molar-refractivity contribution in [3.63, 3.8) is 0 Å². The number of carbonyl (C=O) groups excluding carboxylic acids is 1. The first kappa shape index (κ1) is 9.56. The Bertz CT molecular complexity index is 200. The number of hydrogen-bond donors (Lipinski definition) is 2. The Balaban J connectivity index is 2.34. The zero-order chi connectivity index (χ0) is 9.68. The Morgan fingerprint density at radius 2 is 2.23 bits per heavy atom. The highest BCUT2D eigenvalue weighted by Gasteiger charge is 2.23. The maximum atomic E-state index is 10.8. The third kappa shape index (κ3) is 2.46. The number of nitrogens with one attached hydrogen (secondary N) is 1. The maximum absolute atomic E-state index is 10.8. The highest BCUT2D eigenvalue weighted by atomic mass is 16.6. The molecule has 0 aliphatic carbocycles. The lowest BCUT2D eigenvalue weighted by Gasteiger charge is -2.27. The first-order valence-corrected chi connectivity index (χ1v) is 4.04. The van der Waals surface area contributed by atoms with E-state index in [0.717, 1.165) is 0 Å². The van der Waals surface area contributed by atoms with Gasteiger partial charge >= 0.3 is 0 Å². The van der Waals surface area contributed by atoms with Gasteiger partial charge in [0, 0.05) is 6.04 Å². The molecular weight excluding hydrogens is 176 g/mol. The number of rotatable bonds is 3. The molecule has 0 aromatic carbocycles. The summed E-state index contributed by atoms with van der Waals surface area (Å²) in [6.45, 7) is 0.970. The van der Waals surface area contributed by atoms with E-state index in [4.69, 9.17) is 5.21 Å². The predicted molar refractivity (Wildman–Crippen MR) is 41.6 cm³/mol. The maximum Gasteiger partial charge on any atom is 0.230 e. The molecule has 1 aliphatic heterocycles. The average molecular weight is 188 g/mol. The lowest BCUT2D eigenvalue weighted by molar-refractivity contribution is -0.711. The molecule has 1 fully saturated rings. The Kier molecular flexibility index (Phi) is 3.30. The SMILES string of the molecule is O=CNC1CCN([N+]([O-])=NO)CC1. The molecule has 7 heteroatoms. The lowest BCUT2D eigenvalue weighted by Crippen LogP contribution is -2.44. The second-order valence-electron chi connectivity index (χ2n) is 2.85. The van der Waals surface area contributed by atoms with Crippen LogP contribution >= 0.6 is 0 Å². The molecule has 0 spiro atoms. The Hall–Kier alpha value is -1.53. The van der Waals surface area contributed by atoms with E-state index in [1.165, 1.54) is 5.01 Å². The van der Waals surface area contributed by atoms with Crippen molar-refractivity contribution in [3.8, 4) is 0 Å². The van der Waals surface area contributed by atoms with Crippen LogP contribution in [0.2, 0.25) is 0 Å². The van der Waals surface area contributed by atoms with Gasteiger partial charge in [-0.25, -0.2) is 0 Å². The van der Waals surface area contributed by atoms with Crippen LogP contribution in [0.4, 0.5) is 0 Å². The Morgan fingerprint density at radius 3 is 2.69 bits per heavy atom. The zero-order valence-corrected chi connectivity index (χ0v) is 7.09. The topological polar surface area (TPSA) is 91.0 Å². The predicted octanol–water partition coefficient (Wildman–Crippen LogP) is -0.537. The van der Waals surface area contributed by atoms with Gasteiger partial charge in [-0.05, 0) is 12.8 Å². The molecule has 74 valence electrons. The second-order valence-corrected chi connectivity index (χ2v) is 2.85. The minimum Gasteiger partial charge on any atom is -0.569 e. The molecule has 1 saturated heterocycles. The van der Waals surface area contributed by atoms with E-state index in [2.05, 4.69) is 10.6 Å². The molecule has 13 heavy (non-hydrogen) atoms. The van der Waals surface area contributed by atoms with Gasteiger partial charge in [0.05, 0.1) is 18.1 Å². The molecule has 0 atom stereocenters. The molecule has 2 N–H and O–H groups in total. The summed E-state index contributed by atoms with van der Waals surface area (Å²) in [6, 6.07) is 0.126. The first-order valence-electron chi connectivity index (χ1n) is 4.04. The molecule has 1 aliphatic rings. The van der Waals surface area contributed by atoms with Gasteiger partial charge in [-0.3, -0.25) is 4.79 Å². The monoisotopic (exact) mass is 188 g/mol. The average Bonchev–Trinajstić information content (AvgIpc) is 2.18. The van der Waals surface area contributed by atoms with E-state index >= 15 is 0 Å². The van der Waals surface area contributed by atoms with E-state index < -0.39 is 0 Å². The van der Waals surface area contributed by atoms with Crippen molar-refractivity contribution in [2.75, 3.05) is 13.1 Å². The largest absolute Gasteiger partial charge is 0.569 e. The zero-order valence-electron chi connectivity index (χ0n) is 7.09. The fourth-order valence-corrected chi connectivity index (χ4v) is 1.36. The van der Waals surface area contributed by atoms with Crippen LogP contribution in [-0.4, -0.2) is 40.7 Å². The van der Waals surface area contributed by atoms with Gasteiger partial charge in [-0.15, -0.1) is 5.01 Å². The van der Waals surface area contributed by atoms with E-state index in [9.17, 15) is 10.0 Å². The summed E-state index contributed by atoms with van der Waals surface area (Å²) in [6.07, 6.45) is 2.03. The summed E-state index contributed by atoms with van der Waals surface area (Å²) in [7, 11) is 0. The van der Waals surface area contributed by atoms with Crippen LogP contribution in [0, 0.1) is 5.21 Å². The number of nitrogens with zero attached hydrogens (tertiary/aromatic N) is 3. The van der Waals surface area contributed by atoms with Gasteiger partial charge in [-0.1, -0.05) is 0 Å². The molecular formula is C6H12N4O3. The van der Waals surface area contributed by atoms with Crippen LogP contribution in [0.3, 0.4) is 0 Å². The lowest BCUT2D eigenvalue weighted by atomic mass is 10.1. The summed E-state index contributed by atoms with van der Waals surface area (Å²) in [5, 5.41) is 25.5. The summed E-state index contributed by atoms with van der Waals surface area (Å²) in [5.74, 6) is 0. The van der Waals surface area contributed by atoms with Gasteiger partial charge < -0.3 is 15.7 Å². The van der Waals surface area contributed by atoms with Crippen LogP contribution < -0.4 is 5.32 Å². The standard InChI is InChI=1S/C6H12N4O3/c11-5-7-6-1-3-9(4-2-6)10(13)8-12/h5-6,12H,1-4H2,(H,7,11). The summed E-state index contributed by atoms with van der Waals surface area (Å²) in [5.41, 5.74) is 0. The second kappa shape index (κ2) is 4.48. The van der Waals surface area contributed by atoms with Crippen molar-refractivity contribution < 1.29 is 15.0 Å². The summed E-state index contributed by atoms with van der Waals surface area (Å²) >= 11 is 0. The minimum atomic E-state index is 0.126. The van der Waals surface area contributed by atoms with E-state index in [0.29, 0.717) is 32.3 Å². The Morgan fingerprint density at radius 1 is 1.62 bits per heavy atom. The van der Waals surface area contributed by atoms with Crippen molar-refractivity contribution in [1.29, 1.82) is 0 Å². The molecule has 0 aromatic heterocycles. The third-order valence-corrected chi connectivity index (χ3v) is 2.09. The van der Waals surface area contributed by atoms with Crippen molar-refractivity contribution in [2.45, 2.75) is 18.9 Å². The van der Waals surface area contributed by atoms with Crippen LogP contribution in [0.5, 0.6) is 0 Å². The first-order chi connectivity index (χ1) is 6.27. The molecule has 1 amide bonds. The van der Waals surface area contributed by atoms with E-state index in [1.54, 1.807) is 0 Å². The normalized spacial score (nSPS) is 20.0. The summed E-state index contributed by atoms with van der Waals surface area (Å²) in [4.78, 5) is 10.3. The number of hydrogen-bond acceptors (Lipinski definition) is 3. The highest BCUT2D eigenvalue weighted by molar-refractivity contribution is 5.46. The fraction of sp³-hybridized carbons (Fsp3) is 0.833. The molecule has 0 aromatic rings. The molecule has 0 saturated carbocycles.